The van der Waals surface area contributed by atoms with Gasteiger partial charge in [0.25, 0.3) is 0 Å². The second-order valence-corrected chi connectivity index (χ2v) is 6.90. The quantitative estimate of drug-likeness (QED) is 0.758. The number of nitrogens with zero attached hydrogens (tertiary/aromatic N) is 1. The maximum Gasteiger partial charge on any atom is 0.128 e. The fourth-order valence-electron chi connectivity index (χ4n) is 3.53. The molecule has 0 bridgehead atoms. The highest BCUT2D eigenvalue weighted by Crippen LogP contribution is 2.38. The standard InChI is InChI=1S/C22H24N2O/c1-15-3-4-17(13-16(15)2)22-20-9-12-24-14-18(20)5-6-21(22)25-19-7-10-23-11-8-19/h3-6,9,12-14,19,23H,7-8,10-11H2,1-2H3. The third-order valence-electron chi connectivity index (χ3n) is 5.16. The lowest BCUT2D eigenvalue weighted by Crippen LogP contribution is -2.34. The van der Waals surface area contributed by atoms with Gasteiger partial charge in [0.2, 0.25) is 0 Å². The van der Waals surface area contributed by atoms with Crippen molar-refractivity contribution in [1.29, 1.82) is 0 Å². The van der Waals surface area contributed by atoms with Crippen LogP contribution in [0.5, 0.6) is 5.75 Å². The van der Waals surface area contributed by atoms with Gasteiger partial charge in [-0.2, -0.15) is 0 Å². The second kappa shape index (κ2) is 6.85. The van der Waals surface area contributed by atoms with Crippen molar-refractivity contribution in [1.82, 2.24) is 10.3 Å². The molecule has 3 heteroatoms. The molecule has 25 heavy (non-hydrogen) atoms. The van der Waals surface area contributed by atoms with Gasteiger partial charge in [-0.25, -0.2) is 0 Å². The molecule has 0 saturated carbocycles. The fraction of sp³-hybridized carbons (Fsp3) is 0.318. The summed E-state index contributed by atoms with van der Waals surface area (Å²) in [7, 11) is 0. The Morgan fingerprint density at radius 3 is 2.64 bits per heavy atom. The van der Waals surface area contributed by atoms with Crippen LogP contribution in [0.1, 0.15) is 24.0 Å². The van der Waals surface area contributed by atoms with E-state index in [0.717, 1.165) is 37.1 Å². The number of piperidine rings is 1. The third kappa shape index (κ3) is 3.24. The Hall–Kier alpha value is -2.39. The van der Waals surface area contributed by atoms with E-state index in [1.54, 1.807) is 0 Å². The summed E-state index contributed by atoms with van der Waals surface area (Å²) in [5.41, 5.74) is 5.01. The summed E-state index contributed by atoms with van der Waals surface area (Å²) in [4.78, 5) is 4.28. The zero-order valence-electron chi connectivity index (χ0n) is 14.9. The third-order valence-corrected chi connectivity index (χ3v) is 5.16. The topological polar surface area (TPSA) is 34.1 Å². The molecule has 0 unspecified atom stereocenters. The Labute approximate surface area is 149 Å². The molecule has 3 nitrogen and oxygen atoms in total. The van der Waals surface area contributed by atoms with Crippen LogP contribution in [0.2, 0.25) is 0 Å². The molecular weight excluding hydrogens is 308 g/mol. The maximum absolute atomic E-state index is 6.46. The first-order chi connectivity index (χ1) is 12.2. The summed E-state index contributed by atoms with van der Waals surface area (Å²) in [5.74, 6) is 0.980. The smallest absolute Gasteiger partial charge is 0.128 e. The van der Waals surface area contributed by atoms with E-state index in [0.29, 0.717) is 0 Å². The van der Waals surface area contributed by atoms with Crippen LogP contribution in [0.25, 0.3) is 21.9 Å². The Balaban J connectivity index is 1.85. The van der Waals surface area contributed by atoms with E-state index in [-0.39, 0.29) is 6.10 Å². The Bertz CT molecular complexity index is 898. The van der Waals surface area contributed by atoms with Gasteiger partial charge in [0.1, 0.15) is 11.9 Å². The molecule has 2 heterocycles. The van der Waals surface area contributed by atoms with Crippen molar-refractivity contribution in [2.75, 3.05) is 13.1 Å². The number of nitrogens with one attached hydrogen (secondary N) is 1. The highest BCUT2D eigenvalue weighted by molar-refractivity contribution is 5.99. The molecule has 0 atom stereocenters. The predicted octanol–water partition coefficient (Wildman–Crippen LogP) is 4.65. The van der Waals surface area contributed by atoms with Gasteiger partial charge in [-0.1, -0.05) is 18.2 Å². The molecule has 1 saturated heterocycles. The van der Waals surface area contributed by atoms with Crippen molar-refractivity contribution < 1.29 is 4.74 Å². The number of hydrogen-bond donors (Lipinski definition) is 1. The van der Waals surface area contributed by atoms with Gasteiger partial charge in [-0.05, 0) is 80.1 Å². The van der Waals surface area contributed by atoms with E-state index >= 15 is 0 Å². The van der Waals surface area contributed by atoms with Crippen molar-refractivity contribution in [3.63, 3.8) is 0 Å². The Morgan fingerprint density at radius 2 is 1.84 bits per heavy atom. The Kier molecular flexibility index (Phi) is 4.41. The number of ether oxygens (including phenoxy) is 1. The lowest BCUT2D eigenvalue weighted by molar-refractivity contribution is 0.163. The molecule has 2 aromatic carbocycles. The van der Waals surface area contributed by atoms with Crippen LogP contribution < -0.4 is 10.1 Å². The zero-order valence-corrected chi connectivity index (χ0v) is 14.9. The molecule has 128 valence electrons. The number of hydrogen-bond acceptors (Lipinski definition) is 3. The van der Waals surface area contributed by atoms with Crippen molar-refractivity contribution in [2.45, 2.75) is 32.8 Å². The molecule has 0 amide bonds. The van der Waals surface area contributed by atoms with Crippen LogP contribution in [-0.2, 0) is 0 Å². The van der Waals surface area contributed by atoms with Gasteiger partial charge in [0, 0.05) is 23.3 Å². The van der Waals surface area contributed by atoms with Crippen LogP contribution in [0, 0.1) is 13.8 Å². The molecule has 0 radical (unpaired) electrons. The van der Waals surface area contributed by atoms with E-state index in [4.69, 9.17) is 4.74 Å². The molecule has 1 fully saturated rings. The van der Waals surface area contributed by atoms with Gasteiger partial charge in [0.05, 0.1) is 0 Å². The molecule has 1 aliphatic heterocycles. The highest BCUT2D eigenvalue weighted by atomic mass is 16.5. The van der Waals surface area contributed by atoms with Gasteiger partial charge < -0.3 is 10.1 Å². The molecular formula is C22H24N2O. The Morgan fingerprint density at radius 1 is 1.00 bits per heavy atom. The first-order valence-electron chi connectivity index (χ1n) is 9.04. The summed E-state index contributed by atoms with van der Waals surface area (Å²) in [6.07, 6.45) is 6.18. The summed E-state index contributed by atoms with van der Waals surface area (Å²) >= 11 is 0. The maximum atomic E-state index is 6.46. The lowest BCUT2D eigenvalue weighted by atomic mass is 9.95. The minimum Gasteiger partial charge on any atom is -0.490 e. The SMILES string of the molecule is Cc1ccc(-c2c(OC3CCNCC3)ccc3cnccc23)cc1C. The summed E-state index contributed by atoms with van der Waals surface area (Å²) in [5, 5.41) is 5.75. The van der Waals surface area contributed by atoms with Crippen molar-refractivity contribution in [3.05, 3.63) is 59.9 Å². The van der Waals surface area contributed by atoms with E-state index in [1.165, 1.54) is 27.6 Å². The van der Waals surface area contributed by atoms with Crippen LogP contribution in [0.3, 0.4) is 0 Å². The predicted molar refractivity (Wildman–Crippen MR) is 103 cm³/mol. The summed E-state index contributed by atoms with van der Waals surface area (Å²) in [6.45, 7) is 6.37. The molecule has 1 aliphatic rings. The number of fused-ring (bicyclic) bond motifs is 1. The second-order valence-electron chi connectivity index (χ2n) is 6.90. The first-order valence-corrected chi connectivity index (χ1v) is 9.04. The van der Waals surface area contributed by atoms with Gasteiger partial charge >= 0.3 is 0 Å². The highest BCUT2D eigenvalue weighted by Gasteiger charge is 2.18. The average molecular weight is 332 g/mol. The lowest BCUT2D eigenvalue weighted by Gasteiger charge is -2.25. The van der Waals surface area contributed by atoms with E-state index < -0.39 is 0 Å². The summed E-state index contributed by atoms with van der Waals surface area (Å²) < 4.78 is 6.46. The van der Waals surface area contributed by atoms with Crippen molar-refractivity contribution in [2.24, 2.45) is 0 Å². The molecule has 3 aromatic rings. The fourth-order valence-corrected chi connectivity index (χ4v) is 3.53. The van der Waals surface area contributed by atoms with Gasteiger partial charge in [-0.15, -0.1) is 0 Å². The number of benzene rings is 2. The van der Waals surface area contributed by atoms with Crippen LogP contribution >= 0.6 is 0 Å². The number of aryl methyl sites for hydroxylation is 2. The summed E-state index contributed by atoms with van der Waals surface area (Å²) in [6, 6.07) is 13.0. The van der Waals surface area contributed by atoms with E-state index in [9.17, 15) is 0 Å². The van der Waals surface area contributed by atoms with Crippen LogP contribution in [0.4, 0.5) is 0 Å². The first kappa shape index (κ1) is 16.1. The number of pyridine rings is 1. The normalized spacial score (nSPS) is 15.4. The monoisotopic (exact) mass is 332 g/mol. The van der Waals surface area contributed by atoms with Crippen LogP contribution in [0.15, 0.2) is 48.8 Å². The molecule has 0 spiro atoms. The molecule has 1 N–H and O–H groups in total. The van der Waals surface area contributed by atoms with Crippen molar-refractivity contribution >= 4 is 10.8 Å². The van der Waals surface area contributed by atoms with Crippen LogP contribution in [-0.4, -0.2) is 24.2 Å². The average Bonchev–Trinajstić information content (AvgIpc) is 2.65. The molecule has 4 rings (SSSR count). The minimum absolute atomic E-state index is 0.283. The largest absolute Gasteiger partial charge is 0.490 e. The van der Waals surface area contributed by atoms with E-state index in [2.05, 4.69) is 60.5 Å². The number of aromatic nitrogens is 1. The van der Waals surface area contributed by atoms with E-state index in [1.807, 2.05) is 12.4 Å². The van der Waals surface area contributed by atoms with Gasteiger partial charge in [-0.3, -0.25) is 4.98 Å². The minimum atomic E-state index is 0.283. The van der Waals surface area contributed by atoms with Crippen molar-refractivity contribution in [3.8, 4) is 16.9 Å². The zero-order chi connectivity index (χ0) is 17.2. The van der Waals surface area contributed by atoms with Gasteiger partial charge in [0.15, 0.2) is 0 Å². The number of rotatable bonds is 3. The molecule has 1 aromatic heterocycles. The molecule has 0 aliphatic carbocycles.